The van der Waals surface area contributed by atoms with Crippen LogP contribution in [-0.4, -0.2) is 16.7 Å². The van der Waals surface area contributed by atoms with Crippen molar-refractivity contribution in [3.8, 4) is 12.3 Å². The fraction of sp³-hybridized carbons (Fsp3) is 0.100. The van der Waals surface area contributed by atoms with Crippen LogP contribution in [0.15, 0.2) is 58.1 Å². The minimum absolute atomic E-state index is 0.270. The van der Waals surface area contributed by atoms with E-state index in [-0.39, 0.29) is 5.91 Å². The number of carbonyl (C=O) groups is 1. The summed E-state index contributed by atoms with van der Waals surface area (Å²) >= 11 is 3.36. The predicted molar refractivity (Wildman–Crippen MR) is 105 cm³/mol. The number of rotatable bonds is 4. The average Bonchev–Trinajstić information content (AvgIpc) is 2.88. The molecule has 0 atom stereocenters. The molecular weight excluding hydrogens is 378 g/mol. The van der Waals surface area contributed by atoms with Crippen LogP contribution in [0.5, 0.6) is 0 Å². The first kappa shape index (κ1) is 17.0. The van der Waals surface area contributed by atoms with E-state index in [4.69, 9.17) is 6.42 Å². The number of hydrogen-bond acceptors (Lipinski definition) is 2. The molecule has 1 N–H and O–H groups in total. The van der Waals surface area contributed by atoms with Crippen molar-refractivity contribution in [3.63, 3.8) is 0 Å². The molecule has 3 rings (SSSR count). The maximum atomic E-state index is 12.2. The third-order valence-corrected chi connectivity index (χ3v) is 4.70. The maximum Gasteiger partial charge on any atom is 0.272 e. The molecule has 0 aliphatic carbocycles. The second-order valence-corrected chi connectivity index (χ2v) is 6.34. The van der Waals surface area contributed by atoms with E-state index in [1.54, 1.807) is 18.3 Å². The van der Waals surface area contributed by atoms with Gasteiger partial charge in [0.05, 0.1) is 18.3 Å². The van der Waals surface area contributed by atoms with Gasteiger partial charge in [-0.05, 0) is 41.1 Å². The molecule has 2 aromatic carbocycles. The first-order chi connectivity index (χ1) is 12.1. The molecule has 0 saturated heterocycles. The molecule has 0 aliphatic heterocycles. The number of fused-ring (bicyclic) bond motifs is 1. The largest absolute Gasteiger partial charge is 0.333 e. The molecule has 0 aliphatic rings. The summed E-state index contributed by atoms with van der Waals surface area (Å²) in [6.07, 6.45) is 7.15. The summed E-state index contributed by atoms with van der Waals surface area (Å²) in [7, 11) is 0. The molecule has 0 fully saturated rings. The van der Waals surface area contributed by atoms with Crippen LogP contribution in [0.1, 0.15) is 21.6 Å². The van der Waals surface area contributed by atoms with Crippen molar-refractivity contribution in [1.29, 1.82) is 0 Å². The number of nitrogens with zero attached hydrogens (tertiary/aromatic N) is 2. The Morgan fingerprint density at radius 2 is 2.00 bits per heavy atom. The fourth-order valence-electron chi connectivity index (χ4n) is 2.78. The smallest absolute Gasteiger partial charge is 0.272 e. The molecule has 25 heavy (non-hydrogen) atoms. The van der Waals surface area contributed by atoms with Gasteiger partial charge >= 0.3 is 0 Å². The van der Waals surface area contributed by atoms with Crippen LogP contribution < -0.4 is 5.43 Å². The van der Waals surface area contributed by atoms with E-state index < -0.39 is 0 Å². The summed E-state index contributed by atoms with van der Waals surface area (Å²) < 4.78 is 2.79. The first-order valence-corrected chi connectivity index (χ1v) is 8.52. The second kappa shape index (κ2) is 7.37. The lowest BCUT2D eigenvalue weighted by Gasteiger charge is -2.03. The molecule has 0 unspecified atom stereocenters. The van der Waals surface area contributed by atoms with Crippen molar-refractivity contribution in [2.24, 2.45) is 5.10 Å². The summed E-state index contributed by atoms with van der Waals surface area (Å²) in [6, 6.07) is 15.2. The number of terminal acetylenes is 1. The third-order valence-electron chi connectivity index (χ3n) is 4.01. The number of halogens is 1. The summed E-state index contributed by atoms with van der Waals surface area (Å²) in [5, 5.41) is 5.18. The number of nitrogens with one attached hydrogen (secondary N) is 1. The molecule has 1 heterocycles. The number of para-hydroxylation sites is 1. The van der Waals surface area contributed by atoms with Crippen LogP contribution in [0.2, 0.25) is 0 Å². The van der Waals surface area contributed by atoms with E-state index in [1.807, 2.05) is 43.3 Å². The molecule has 0 spiro atoms. The quantitative estimate of drug-likeness (QED) is 0.404. The molecule has 4 nitrogen and oxygen atoms in total. The van der Waals surface area contributed by atoms with E-state index in [9.17, 15) is 4.79 Å². The Hall–Kier alpha value is -2.84. The normalized spacial score (nSPS) is 10.9. The summed E-state index contributed by atoms with van der Waals surface area (Å²) in [4.78, 5) is 12.2. The van der Waals surface area contributed by atoms with E-state index in [2.05, 4.69) is 36.9 Å². The van der Waals surface area contributed by atoms with Gasteiger partial charge in [-0.15, -0.1) is 6.42 Å². The summed E-state index contributed by atoms with van der Waals surface area (Å²) in [5.74, 6) is 2.41. The van der Waals surface area contributed by atoms with Gasteiger partial charge in [-0.1, -0.05) is 36.3 Å². The molecule has 5 heteroatoms. The molecule has 0 bridgehead atoms. The molecule has 124 valence electrons. The summed E-state index contributed by atoms with van der Waals surface area (Å²) in [6.45, 7) is 2.48. The van der Waals surface area contributed by atoms with Gasteiger partial charge in [-0.25, -0.2) is 5.43 Å². The zero-order valence-corrected chi connectivity index (χ0v) is 15.2. The Balaban J connectivity index is 1.90. The fourth-order valence-corrected chi connectivity index (χ4v) is 3.24. The number of benzene rings is 2. The van der Waals surface area contributed by atoms with Gasteiger partial charge in [0.1, 0.15) is 0 Å². The Morgan fingerprint density at radius 1 is 1.28 bits per heavy atom. The zero-order chi connectivity index (χ0) is 17.8. The molecule has 0 saturated carbocycles. The Morgan fingerprint density at radius 3 is 2.76 bits per heavy atom. The van der Waals surface area contributed by atoms with E-state index in [0.29, 0.717) is 12.1 Å². The lowest BCUT2D eigenvalue weighted by Crippen LogP contribution is -2.18. The van der Waals surface area contributed by atoms with Gasteiger partial charge in [0.25, 0.3) is 5.91 Å². The number of hydrogen-bond donors (Lipinski definition) is 1. The van der Waals surface area contributed by atoms with Crippen LogP contribution >= 0.6 is 15.9 Å². The van der Waals surface area contributed by atoms with Crippen LogP contribution in [0, 0.1) is 19.3 Å². The minimum atomic E-state index is -0.270. The Bertz CT molecular complexity index is 1010. The minimum Gasteiger partial charge on any atom is -0.333 e. The Labute approximate surface area is 154 Å². The monoisotopic (exact) mass is 393 g/mol. The topological polar surface area (TPSA) is 46.4 Å². The number of carbonyl (C=O) groups excluding carboxylic acids is 1. The highest BCUT2D eigenvalue weighted by Gasteiger charge is 2.12. The van der Waals surface area contributed by atoms with Crippen molar-refractivity contribution in [2.45, 2.75) is 13.5 Å². The number of amides is 1. The maximum absolute atomic E-state index is 12.2. The van der Waals surface area contributed by atoms with Crippen molar-refractivity contribution in [2.75, 3.05) is 0 Å². The van der Waals surface area contributed by atoms with Crippen LogP contribution in [0.25, 0.3) is 10.9 Å². The van der Waals surface area contributed by atoms with E-state index in [0.717, 1.165) is 26.6 Å². The Kier molecular flexibility index (Phi) is 5.01. The highest BCUT2D eigenvalue weighted by molar-refractivity contribution is 9.10. The highest BCUT2D eigenvalue weighted by Crippen LogP contribution is 2.24. The lowest BCUT2D eigenvalue weighted by atomic mass is 10.1. The lowest BCUT2D eigenvalue weighted by molar-refractivity contribution is 0.0954. The van der Waals surface area contributed by atoms with Crippen molar-refractivity contribution in [1.82, 2.24) is 9.99 Å². The standard InChI is InChI=1S/C20H16BrN3O/c1-3-12-24-14(2)17(15-8-5-7-11-19(15)24)13-22-23-20(25)16-9-4-6-10-18(16)21/h1,4-11,13H,12H2,2H3,(H,23,25)/b22-13+. The van der Waals surface area contributed by atoms with Crippen LogP contribution in [0.4, 0.5) is 0 Å². The number of hydrazone groups is 1. The molecule has 0 radical (unpaired) electrons. The van der Waals surface area contributed by atoms with E-state index >= 15 is 0 Å². The van der Waals surface area contributed by atoms with Gasteiger partial charge in [0.2, 0.25) is 0 Å². The molecule has 1 aromatic heterocycles. The van der Waals surface area contributed by atoms with Crippen molar-refractivity contribution >= 4 is 39.0 Å². The van der Waals surface area contributed by atoms with Gasteiger partial charge in [-0.2, -0.15) is 5.10 Å². The predicted octanol–water partition coefficient (Wildman–Crippen LogP) is 4.11. The van der Waals surface area contributed by atoms with Crippen molar-refractivity contribution < 1.29 is 4.79 Å². The number of aromatic nitrogens is 1. The van der Waals surface area contributed by atoms with Crippen molar-refractivity contribution in [3.05, 3.63) is 69.8 Å². The SMILES string of the molecule is C#CCn1c(C)c(/C=N/NC(=O)c2ccccc2Br)c2ccccc21. The molecular formula is C20H16BrN3O. The van der Waals surface area contributed by atoms with E-state index in [1.165, 1.54) is 0 Å². The van der Waals surface area contributed by atoms with Gasteiger partial charge in [-0.3, -0.25) is 4.79 Å². The average molecular weight is 394 g/mol. The zero-order valence-electron chi connectivity index (χ0n) is 13.7. The van der Waals surface area contributed by atoms with Gasteiger partial charge < -0.3 is 4.57 Å². The van der Waals surface area contributed by atoms with Gasteiger partial charge in [0.15, 0.2) is 0 Å². The van der Waals surface area contributed by atoms with Crippen LogP contribution in [-0.2, 0) is 6.54 Å². The van der Waals surface area contributed by atoms with Crippen LogP contribution in [0.3, 0.4) is 0 Å². The van der Waals surface area contributed by atoms with Gasteiger partial charge in [0, 0.05) is 26.6 Å². The summed E-state index contributed by atoms with van der Waals surface area (Å²) in [5.41, 5.74) is 6.11. The molecule has 1 amide bonds. The second-order valence-electron chi connectivity index (χ2n) is 5.49. The third kappa shape index (κ3) is 3.35. The first-order valence-electron chi connectivity index (χ1n) is 7.72. The molecule has 3 aromatic rings. The highest BCUT2D eigenvalue weighted by atomic mass is 79.9.